The molecule has 0 bridgehead atoms. The first-order chi connectivity index (χ1) is 7.24. The van der Waals surface area contributed by atoms with E-state index in [1.807, 2.05) is 6.92 Å². The van der Waals surface area contributed by atoms with Gasteiger partial charge in [0.25, 0.3) is 0 Å². The molecule has 2 rings (SSSR count). The molecule has 15 heavy (non-hydrogen) atoms. The van der Waals surface area contributed by atoms with Crippen LogP contribution in [0.5, 0.6) is 0 Å². The number of nitrogens with zero attached hydrogens (tertiary/aromatic N) is 3. The molecular formula is C11H17N3O. The van der Waals surface area contributed by atoms with E-state index in [1.165, 1.54) is 12.8 Å². The molecule has 0 aromatic carbocycles. The highest BCUT2D eigenvalue weighted by Gasteiger charge is 2.31. The van der Waals surface area contributed by atoms with Gasteiger partial charge in [0.2, 0.25) is 0 Å². The molecule has 4 heteroatoms. The van der Waals surface area contributed by atoms with Gasteiger partial charge in [0.1, 0.15) is 5.69 Å². The second-order valence-corrected chi connectivity index (χ2v) is 4.31. The highest BCUT2D eigenvalue weighted by atomic mass is 16.1. The van der Waals surface area contributed by atoms with Crippen molar-refractivity contribution >= 4 is 5.78 Å². The fraction of sp³-hybridized carbons (Fsp3) is 0.727. The number of aryl methyl sites for hydroxylation is 1. The fourth-order valence-electron chi connectivity index (χ4n) is 2.41. The number of carbonyl (C=O) groups excluding carboxylic acids is 1. The highest BCUT2D eigenvalue weighted by molar-refractivity contribution is 5.96. The Kier molecular flexibility index (Phi) is 2.84. The van der Waals surface area contributed by atoms with E-state index < -0.39 is 0 Å². The monoisotopic (exact) mass is 207 g/mol. The molecule has 1 aromatic rings. The Bertz CT molecular complexity index is 358. The Hall–Kier alpha value is -1.19. The molecule has 0 spiro atoms. The number of hydrogen-bond donors (Lipinski definition) is 0. The first-order valence-corrected chi connectivity index (χ1v) is 5.66. The third-order valence-corrected chi connectivity index (χ3v) is 3.37. The maximum absolute atomic E-state index is 12.2. The molecule has 1 fully saturated rings. The summed E-state index contributed by atoms with van der Waals surface area (Å²) >= 11 is 0. The van der Waals surface area contributed by atoms with Crippen LogP contribution in [0.2, 0.25) is 0 Å². The number of Topliss-reactive ketones (excluding diaryl/α,β-unsaturated/α-hetero) is 1. The van der Waals surface area contributed by atoms with Crippen molar-refractivity contribution in [3.05, 3.63) is 11.9 Å². The van der Waals surface area contributed by atoms with Crippen LogP contribution in [0.15, 0.2) is 6.20 Å². The number of rotatable bonds is 3. The van der Waals surface area contributed by atoms with Gasteiger partial charge in [-0.15, -0.1) is 5.10 Å². The van der Waals surface area contributed by atoms with E-state index in [2.05, 4.69) is 17.2 Å². The standard InChI is InChI=1S/C11H17N3O/c1-3-14-10(7-12-13-14)11(15)9-6-4-5-8(9)2/h7-9H,3-6H2,1-2H3. The van der Waals surface area contributed by atoms with Crippen LogP contribution in [0, 0.1) is 11.8 Å². The van der Waals surface area contributed by atoms with Gasteiger partial charge in [-0.25, -0.2) is 4.68 Å². The molecule has 1 heterocycles. The summed E-state index contributed by atoms with van der Waals surface area (Å²) in [5.41, 5.74) is 0.677. The smallest absolute Gasteiger partial charge is 0.185 e. The maximum atomic E-state index is 12.2. The lowest BCUT2D eigenvalue weighted by atomic mass is 9.92. The van der Waals surface area contributed by atoms with Crippen molar-refractivity contribution in [1.29, 1.82) is 0 Å². The van der Waals surface area contributed by atoms with E-state index in [1.54, 1.807) is 10.9 Å². The Morgan fingerprint density at radius 3 is 3.00 bits per heavy atom. The van der Waals surface area contributed by atoms with Crippen LogP contribution in [0.4, 0.5) is 0 Å². The first kappa shape index (κ1) is 10.3. The number of aromatic nitrogens is 3. The lowest BCUT2D eigenvalue weighted by Crippen LogP contribution is -2.20. The minimum atomic E-state index is 0.189. The molecule has 82 valence electrons. The summed E-state index contributed by atoms with van der Waals surface area (Å²) in [6, 6.07) is 0. The van der Waals surface area contributed by atoms with Gasteiger partial charge in [-0.2, -0.15) is 0 Å². The Morgan fingerprint density at radius 1 is 1.60 bits per heavy atom. The SMILES string of the molecule is CCn1nncc1C(=O)C1CCCC1C. The largest absolute Gasteiger partial charge is 0.292 e. The minimum absolute atomic E-state index is 0.189. The van der Waals surface area contributed by atoms with Crippen LogP contribution in [0.25, 0.3) is 0 Å². The van der Waals surface area contributed by atoms with Gasteiger partial charge >= 0.3 is 0 Å². The van der Waals surface area contributed by atoms with E-state index in [0.717, 1.165) is 6.42 Å². The first-order valence-electron chi connectivity index (χ1n) is 5.66. The predicted octanol–water partition coefficient (Wildman–Crippen LogP) is 1.92. The molecule has 1 aliphatic carbocycles. The van der Waals surface area contributed by atoms with Crippen LogP contribution < -0.4 is 0 Å². The summed E-state index contributed by atoms with van der Waals surface area (Å²) in [5.74, 6) is 0.929. The van der Waals surface area contributed by atoms with Crippen molar-refractivity contribution in [2.75, 3.05) is 0 Å². The van der Waals surface area contributed by atoms with Gasteiger partial charge in [-0.3, -0.25) is 4.79 Å². The van der Waals surface area contributed by atoms with Gasteiger partial charge in [-0.1, -0.05) is 18.6 Å². The van der Waals surface area contributed by atoms with E-state index in [9.17, 15) is 4.79 Å². The summed E-state index contributed by atoms with van der Waals surface area (Å²) < 4.78 is 1.69. The fourth-order valence-corrected chi connectivity index (χ4v) is 2.41. The molecule has 0 aliphatic heterocycles. The average molecular weight is 207 g/mol. The molecule has 1 aliphatic rings. The van der Waals surface area contributed by atoms with Crippen LogP contribution in [-0.2, 0) is 6.54 Å². The molecule has 4 nitrogen and oxygen atoms in total. The normalized spacial score (nSPS) is 25.7. The highest BCUT2D eigenvalue weighted by Crippen LogP contribution is 2.33. The molecule has 1 aromatic heterocycles. The second-order valence-electron chi connectivity index (χ2n) is 4.31. The average Bonchev–Trinajstić information content (AvgIpc) is 2.84. The van der Waals surface area contributed by atoms with Crippen molar-refractivity contribution in [3.8, 4) is 0 Å². The van der Waals surface area contributed by atoms with Gasteiger partial charge in [0.05, 0.1) is 6.20 Å². The molecule has 0 radical (unpaired) electrons. The van der Waals surface area contributed by atoms with Gasteiger partial charge in [0, 0.05) is 12.5 Å². The number of carbonyl (C=O) groups is 1. The summed E-state index contributed by atoms with van der Waals surface area (Å²) in [4.78, 5) is 12.2. The zero-order valence-corrected chi connectivity index (χ0v) is 9.31. The number of ketones is 1. The van der Waals surface area contributed by atoms with E-state index in [4.69, 9.17) is 0 Å². The van der Waals surface area contributed by atoms with Crippen LogP contribution >= 0.6 is 0 Å². The van der Waals surface area contributed by atoms with Gasteiger partial charge in [0.15, 0.2) is 5.78 Å². The third kappa shape index (κ3) is 1.80. The van der Waals surface area contributed by atoms with Crippen LogP contribution in [0.1, 0.15) is 43.6 Å². The molecule has 0 saturated heterocycles. The second kappa shape index (κ2) is 4.13. The molecule has 0 amide bonds. The van der Waals surface area contributed by atoms with Gasteiger partial charge in [-0.05, 0) is 25.7 Å². The zero-order valence-electron chi connectivity index (χ0n) is 9.31. The summed E-state index contributed by atoms with van der Waals surface area (Å²) in [6.45, 7) is 4.85. The third-order valence-electron chi connectivity index (χ3n) is 3.37. The van der Waals surface area contributed by atoms with E-state index >= 15 is 0 Å². The van der Waals surface area contributed by atoms with Crippen molar-refractivity contribution in [1.82, 2.24) is 15.0 Å². The lowest BCUT2D eigenvalue weighted by molar-refractivity contribution is 0.0886. The maximum Gasteiger partial charge on any atom is 0.185 e. The lowest BCUT2D eigenvalue weighted by Gasteiger charge is -2.13. The summed E-state index contributed by atoms with van der Waals surface area (Å²) in [5, 5.41) is 7.70. The topological polar surface area (TPSA) is 47.8 Å². The Morgan fingerprint density at radius 2 is 2.40 bits per heavy atom. The van der Waals surface area contributed by atoms with Crippen LogP contribution in [-0.4, -0.2) is 20.8 Å². The minimum Gasteiger partial charge on any atom is -0.292 e. The number of hydrogen-bond acceptors (Lipinski definition) is 3. The molecule has 2 unspecified atom stereocenters. The van der Waals surface area contributed by atoms with Crippen molar-refractivity contribution in [2.24, 2.45) is 11.8 Å². The predicted molar refractivity (Wildman–Crippen MR) is 56.5 cm³/mol. The van der Waals surface area contributed by atoms with Crippen LogP contribution in [0.3, 0.4) is 0 Å². The van der Waals surface area contributed by atoms with E-state index in [-0.39, 0.29) is 11.7 Å². The zero-order chi connectivity index (χ0) is 10.8. The Balaban J connectivity index is 2.20. The van der Waals surface area contributed by atoms with Crippen molar-refractivity contribution < 1.29 is 4.79 Å². The molecule has 2 atom stereocenters. The van der Waals surface area contributed by atoms with Crippen molar-refractivity contribution in [3.63, 3.8) is 0 Å². The quantitative estimate of drug-likeness (QED) is 0.711. The molecule has 1 saturated carbocycles. The van der Waals surface area contributed by atoms with Crippen molar-refractivity contribution in [2.45, 2.75) is 39.7 Å². The summed E-state index contributed by atoms with van der Waals surface area (Å²) in [7, 11) is 0. The Labute approximate surface area is 89.7 Å². The van der Waals surface area contributed by atoms with E-state index in [0.29, 0.717) is 18.2 Å². The van der Waals surface area contributed by atoms with Gasteiger partial charge < -0.3 is 0 Å². The summed E-state index contributed by atoms with van der Waals surface area (Å²) in [6.07, 6.45) is 4.96. The molecule has 0 N–H and O–H groups in total. The molecular weight excluding hydrogens is 190 g/mol.